The fourth-order valence-electron chi connectivity index (χ4n) is 2.19. The van der Waals surface area contributed by atoms with Crippen molar-refractivity contribution in [2.24, 2.45) is 4.99 Å². The van der Waals surface area contributed by atoms with Crippen molar-refractivity contribution in [2.45, 2.75) is 32.9 Å². The lowest BCUT2D eigenvalue weighted by atomic mass is 10.1. The third-order valence-electron chi connectivity index (χ3n) is 3.51. The molecule has 0 atom stereocenters. The van der Waals surface area contributed by atoms with E-state index in [-0.39, 0.29) is 29.8 Å². The molecule has 132 valence electrons. The molecule has 0 fully saturated rings. The zero-order valence-electron chi connectivity index (χ0n) is 14.0. The second-order valence-corrected chi connectivity index (χ2v) is 5.34. The Morgan fingerprint density at radius 3 is 2.62 bits per heavy atom. The summed E-state index contributed by atoms with van der Waals surface area (Å²) in [4.78, 5) is 4.19. The molecule has 2 N–H and O–H groups in total. The molecule has 8 heteroatoms. The molecule has 2 rings (SSSR count). The minimum Gasteiger partial charge on any atom is -0.356 e. The fourth-order valence-corrected chi connectivity index (χ4v) is 2.19. The minimum atomic E-state index is -0.177. The maximum absolute atomic E-state index is 13.2. The number of aromatic nitrogens is 3. The highest BCUT2D eigenvalue weighted by molar-refractivity contribution is 14.0. The van der Waals surface area contributed by atoms with E-state index in [0.29, 0.717) is 12.1 Å². The summed E-state index contributed by atoms with van der Waals surface area (Å²) in [5.41, 5.74) is 1.68. The van der Waals surface area contributed by atoms with E-state index in [9.17, 15) is 4.39 Å². The van der Waals surface area contributed by atoms with Gasteiger partial charge in [-0.3, -0.25) is 4.99 Å². The normalized spacial score (nSPS) is 11.0. The van der Waals surface area contributed by atoms with Crippen molar-refractivity contribution in [1.82, 2.24) is 25.4 Å². The quantitative estimate of drug-likeness (QED) is 0.297. The molecule has 6 nitrogen and oxygen atoms in total. The van der Waals surface area contributed by atoms with Crippen molar-refractivity contribution >= 4 is 29.9 Å². The number of unbranched alkanes of at least 4 members (excludes halogenated alkanes) is 1. The number of hydrogen-bond donors (Lipinski definition) is 2. The SMILES string of the molecule is CN=C(NCCCCn1cnnc1)NCc1ccc(F)c(C)c1.I. The molecular weight excluding hydrogens is 422 g/mol. The number of nitrogens with zero attached hydrogens (tertiary/aromatic N) is 4. The molecule has 0 aliphatic rings. The van der Waals surface area contributed by atoms with Crippen LogP contribution in [0.2, 0.25) is 0 Å². The summed E-state index contributed by atoms with van der Waals surface area (Å²) < 4.78 is 15.2. The molecule has 1 aromatic heterocycles. The monoisotopic (exact) mass is 446 g/mol. The van der Waals surface area contributed by atoms with Crippen LogP contribution in [0.3, 0.4) is 0 Å². The second kappa shape index (κ2) is 11.0. The first kappa shape index (κ1) is 20.3. The van der Waals surface area contributed by atoms with E-state index in [0.717, 1.165) is 37.5 Å². The predicted molar refractivity (Wildman–Crippen MR) is 104 cm³/mol. The van der Waals surface area contributed by atoms with Crippen LogP contribution in [-0.4, -0.2) is 34.3 Å². The van der Waals surface area contributed by atoms with Crippen molar-refractivity contribution in [3.05, 3.63) is 47.8 Å². The highest BCUT2D eigenvalue weighted by atomic mass is 127. The molecule has 24 heavy (non-hydrogen) atoms. The Morgan fingerprint density at radius 2 is 1.96 bits per heavy atom. The first-order valence-corrected chi connectivity index (χ1v) is 7.71. The second-order valence-electron chi connectivity index (χ2n) is 5.34. The van der Waals surface area contributed by atoms with Crippen molar-refractivity contribution in [1.29, 1.82) is 0 Å². The first-order valence-electron chi connectivity index (χ1n) is 7.71. The van der Waals surface area contributed by atoms with Gasteiger partial charge in [0, 0.05) is 26.7 Å². The van der Waals surface area contributed by atoms with Gasteiger partial charge in [-0.15, -0.1) is 34.2 Å². The Hall–Kier alpha value is -1.71. The van der Waals surface area contributed by atoms with Gasteiger partial charge >= 0.3 is 0 Å². The smallest absolute Gasteiger partial charge is 0.191 e. The molecule has 0 saturated carbocycles. The molecule has 0 amide bonds. The van der Waals surface area contributed by atoms with Crippen molar-refractivity contribution in [3.8, 4) is 0 Å². The van der Waals surface area contributed by atoms with Crippen LogP contribution in [0.25, 0.3) is 0 Å². The van der Waals surface area contributed by atoms with Crippen LogP contribution < -0.4 is 10.6 Å². The molecule has 0 bridgehead atoms. The van der Waals surface area contributed by atoms with E-state index in [1.54, 1.807) is 32.7 Å². The minimum absolute atomic E-state index is 0. The topological polar surface area (TPSA) is 67.1 Å². The van der Waals surface area contributed by atoms with Crippen LogP contribution in [0.15, 0.2) is 35.8 Å². The van der Waals surface area contributed by atoms with Gasteiger partial charge in [-0.1, -0.05) is 12.1 Å². The lowest BCUT2D eigenvalue weighted by Gasteiger charge is -2.12. The van der Waals surface area contributed by atoms with E-state index in [1.807, 2.05) is 10.6 Å². The summed E-state index contributed by atoms with van der Waals surface area (Å²) >= 11 is 0. The zero-order valence-corrected chi connectivity index (χ0v) is 16.3. The van der Waals surface area contributed by atoms with Gasteiger partial charge in [0.1, 0.15) is 18.5 Å². The van der Waals surface area contributed by atoms with Crippen LogP contribution in [0.1, 0.15) is 24.0 Å². The Balaban J connectivity index is 0.00000288. The standard InChI is InChI=1S/C16H23FN6.HI/c1-13-9-14(5-6-15(13)17)10-20-16(18-2)19-7-3-4-8-23-11-21-22-12-23;/h5-6,9,11-12H,3-4,7-8,10H2,1-2H3,(H2,18,19,20);1H. The van der Waals surface area contributed by atoms with Crippen LogP contribution in [-0.2, 0) is 13.1 Å². The Kier molecular flexibility index (Phi) is 9.28. The maximum Gasteiger partial charge on any atom is 0.191 e. The summed E-state index contributed by atoms with van der Waals surface area (Å²) in [6.45, 7) is 4.13. The molecule has 1 heterocycles. The van der Waals surface area contributed by atoms with E-state index in [4.69, 9.17) is 0 Å². The number of halogens is 2. The molecule has 2 aromatic rings. The van der Waals surface area contributed by atoms with E-state index in [1.165, 1.54) is 6.07 Å². The number of aryl methyl sites for hydroxylation is 2. The van der Waals surface area contributed by atoms with Gasteiger partial charge in [-0.2, -0.15) is 0 Å². The predicted octanol–water partition coefficient (Wildman–Crippen LogP) is 2.49. The van der Waals surface area contributed by atoms with Crippen LogP contribution in [0.4, 0.5) is 4.39 Å². The average molecular weight is 446 g/mol. The van der Waals surface area contributed by atoms with Gasteiger partial charge in [-0.25, -0.2) is 4.39 Å². The third kappa shape index (κ3) is 6.81. The van der Waals surface area contributed by atoms with Gasteiger partial charge in [0.25, 0.3) is 0 Å². The summed E-state index contributed by atoms with van der Waals surface area (Å²) in [6, 6.07) is 5.12. The molecule has 1 aromatic carbocycles. The van der Waals surface area contributed by atoms with Crippen LogP contribution in [0, 0.1) is 12.7 Å². The van der Waals surface area contributed by atoms with E-state index in [2.05, 4.69) is 25.8 Å². The summed E-state index contributed by atoms with van der Waals surface area (Å²) in [7, 11) is 1.74. The third-order valence-corrected chi connectivity index (χ3v) is 3.51. The molecular formula is C16H24FIN6. The van der Waals surface area contributed by atoms with Crippen LogP contribution >= 0.6 is 24.0 Å². The Bertz CT molecular complexity index is 630. The number of hydrogen-bond acceptors (Lipinski definition) is 3. The van der Waals surface area contributed by atoms with Gasteiger partial charge in [0.05, 0.1) is 0 Å². The highest BCUT2D eigenvalue weighted by Gasteiger charge is 2.01. The highest BCUT2D eigenvalue weighted by Crippen LogP contribution is 2.08. The van der Waals surface area contributed by atoms with Gasteiger partial charge in [0.2, 0.25) is 0 Å². The van der Waals surface area contributed by atoms with Crippen molar-refractivity contribution < 1.29 is 4.39 Å². The van der Waals surface area contributed by atoms with Crippen molar-refractivity contribution in [2.75, 3.05) is 13.6 Å². The maximum atomic E-state index is 13.2. The van der Waals surface area contributed by atoms with Crippen LogP contribution in [0.5, 0.6) is 0 Å². The lowest BCUT2D eigenvalue weighted by molar-refractivity contribution is 0.597. The summed E-state index contributed by atoms with van der Waals surface area (Å²) in [5, 5.41) is 14.0. The number of aliphatic imine (C=N–C) groups is 1. The number of nitrogens with one attached hydrogen (secondary N) is 2. The molecule has 0 aliphatic carbocycles. The molecule has 0 radical (unpaired) electrons. The number of rotatable bonds is 7. The molecule has 0 saturated heterocycles. The molecule has 0 aliphatic heterocycles. The lowest BCUT2D eigenvalue weighted by Crippen LogP contribution is -2.37. The number of benzene rings is 1. The fraction of sp³-hybridized carbons (Fsp3) is 0.438. The van der Waals surface area contributed by atoms with Gasteiger partial charge in [-0.05, 0) is 37.0 Å². The largest absolute Gasteiger partial charge is 0.356 e. The number of guanidine groups is 1. The molecule has 0 unspecified atom stereocenters. The van der Waals surface area contributed by atoms with Gasteiger partial charge in [0.15, 0.2) is 5.96 Å². The Labute approximate surface area is 159 Å². The average Bonchev–Trinajstić information content (AvgIpc) is 3.06. The zero-order chi connectivity index (χ0) is 16.5. The van der Waals surface area contributed by atoms with Gasteiger partial charge < -0.3 is 15.2 Å². The molecule has 0 spiro atoms. The summed E-state index contributed by atoms with van der Waals surface area (Å²) in [6.07, 6.45) is 5.50. The Morgan fingerprint density at radius 1 is 1.21 bits per heavy atom. The first-order chi connectivity index (χ1) is 11.2. The summed E-state index contributed by atoms with van der Waals surface area (Å²) in [5.74, 6) is 0.570. The van der Waals surface area contributed by atoms with Crippen molar-refractivity contribution in [3.63, 3.8) is 0 Å². The van der Waals surface area contributed by atoms with E-state index < -0.39 is 0 Å². The van der Waals surface area contributed by atoms with E-state index >= 15 is 0 Å².